The van der Waals surface area contributed by atoms with Gasteiger partial charge in [-0.15, -0.1) is 0 Å². The van der Waals surface area contributed by atoms with Crippen LogP contribution in [0, 0.1) is 6.92 Å². The van der Waals surface area contributed by atoms with E-state index < -0.39 is 6.03 Å². The molecule has 0 unspecified atom stereocenters. The molecule has 0 aromatic heterocycles. The largest absolute Gasteiger partial charge is 0.493 e. The maximum absolute atomic E-state index is 12.8. The van der Waals surface area contributed by atoms with Crippen LogP contribution in [0.3, 0.4) is 0 Å². The molecule has 0 atom stereocenters. The third-order valence-corrected chi connectivity index (χ3v) is 4.93. The van der Waals surface area contributed by atoms with E-state index in [9.17, 15) is 9.59 Å². The van der Waals surface area contributed by atoms with E-state index in [1.807, 2.05) is 51.1 Å². The number of carbonyl (C=O) groups is 2. The number of halogens is 1. The van der Waals surface area contributed by atoms with Crippen molar-refractivity contribution in [2.75, 3.05) is 7.11 Å². The third-order valence-electron chi connectivity index (χ3n) is 4.34. The van der Waals surface area contributed by atoms with E-state index in [-0.39, 0.29) is 24.3 Å². The van der Waals surface area contributed by atoms with E-state index in [0.717, 1.165) is 11.1 Å². The lowest BCUT2D eigenvalue weighted by molar-refractivity contribution is -0.123. The van der Waals surface area contributed by atoms with Crippen LogP contribution < -0.4 is 14.8 Å². The molecule has 152 valence electrons. The van der Waals surface area contributed by atoms with Crippen LogP contribution in [-0.4, -0.2) is 30.1 Å². The molecular weight excluding hydrogens is 436 g/mol. The standard InChI is InChI=1S/C22H23BrN2O4/c1-13(2)29-20-17(23)9-16(11-19(20)28-4)10-18-21(26)25(22(27)24-18)12-15-7-5-14(3)6-8-15/h5-11,13H,12H2,1-4H3,(H,24,27)/b18-10+. The van der Waals surface area contributed by atoms with Gasteiger partial charge in [-0.05, 0) is 66.0 Å². The fraction of sp³-hybridized carbons (Fsp3) is 0.273. The number of hydrogen-bond acceptors (Lipinski definition) is 4. The number of rotatable bonds is 6. The fourth-order valence-corrected chi connectivity index (χ4v) is 3.48. The first kappa shape index (κ1) is 20.9. The van der Waals surface area contributed by atoms with E-state index in [1.165, 1.54) is 4.90 Å². The highest BCUT2D eigenvalue weighted by Gasteiger charge is 2.33. The Bertz CT molecular complexity index is 968. The summed E-state index contributed by atoms with van der Waals surface area (Å²) in [5.74, 6) is 0.758. The number of nitrogens with zero attached hydrogens (tertiary/aromatic N) is 1. The predicted molar refractivity (Wildman–Crippen MR) is 115 cm³/mol. The number of nitrogens with one attached hydrogen (secondary N) is 1. The maximum atomic E-state index is 12.8. The van der Waals surface area contributed by atoms with Gasteiger partial charge < -0.3 is 14.8 Å². The highest BCUT2D eigenvalue weighted by molar-refractivity contribution is 9.10. The topological polar surface area (TPSA) is 67.9 Å². The summed E-state index contributed by atoms with van der Waals surface area (Å²) in [7, 11) is 1.55. The molecule has 0 radical (unpaired) electrons. The molecule has 29 heavy (non-hydrogen) atoms. The second-order valence-electron chi connectivity index (χ2n) is 7.07. The second kappa shape index (κ2) is 8.69. The number of carbonyl (C=O) groups excluding carboxylic acids is 2. The van der Waals surface area contributed by atoms with E-state index in [2.05, 4.69) is 21.2 Å². The van der Waals surface area contributed by atoms with Crippen LogP contribution in [0.25, 0.3) is 6.08 Å². The molecule has 2 aromatic carbocycles. The molecule has 1 aliphatic heterocycles. The van der Waals surface area contributed by atoms with E-state index in [4.69, 9.17) is 9.47 Å². The van der Waals surface area contributed by atoms with Gasteiger partial charge in [0, 0.05) is 0 Å². The van der Waals surface area contributed by atoms with Crippen molar-refractivity contribution in [2.45, 2.75) is 33.4 Å². The minimum Gasteiger partial charge on any atom is -0.493 e. The van der Waals surface area contributed by atoms with Gasteiger partial charge in [-0.25, -0.2) is 4.79 Å². The molecule has 3 amide bonds. The molecule has 2 aromatic rings. The zero-order chi connectivity index (χ0) is 21.1. The Labute approximate surface area is 178 Å². The van der Waals surface area contributed by atoms with Gasteiger partial charge in [0.2, 0.25) is 0 Å². The Hall–Kier alpha value is -2.80. The highest BCUT2D eigenvalue weighted by atomic mass is 79.9. The quantitative estimate of drug-likeness (QED) is 0.505. The first-order valence-corrected chi connectivity index (χ1v) is 10.0. The van der Waals surface area contributed by atoms with Gasteiger partial charge in [-0.1, -0.05) is 29.8 Å². The van der Waals surface area contributed by atoms with Crippen molar-refractivity contribution in [1.29, 1.82) is 0 Å². The highest BCUT2D eigenvalue weighted by Crippen LogP contribution is 2.38. The molecule has 7 heteroatoms. The average Bonchev–Trinajstić information content (AvgIpc) is 2.92. The maximum Gasteiger partial charge on any atom is 0.329 e. The zero-order valence-corrected chi connectivity index (χ0v) is 18.4. The molecule has 6 nitrogen and oxygen atoms in total. The molecule has 3 rings (SSSR count). The van der Waals surface area contributed by atoms with Gasteiger partial charge in [0.05, 0.1) is 24.2 Å². The Kier molecular flexibility index (Phi) is 6.27. The lowest BCUT2D eigenvalue weighted by atomic mass is 10.1. The number of methoxy groups -OCH3 is 1. The van der Waals surface area contributed by atoms with Gasteiger partial charge in [0.25, 0.3) is 5.91 Å². The lowest BCUT2D eigenvalue weighted by Crippen LogP contribution is -2.30. The van der Waals surface area contributed by atoms with Crippen LogP contribution in [0.1, 0.15) is 30.5 Å². The number of benzene rings is 2. The van der Waals surface area contributed by atoms with Gasteiger partial charge in [-0.2, -0.15) is 0 Å². The Morgan fingerprint density at radius 3 is 2.48 bits per heavy atom. The van der Waals surface area contributed by atoms with Crippen LogP contribution in [-0.2, 0) is 11.3 Å². The first-order chi connectivity index (χ1) is 13.8. The Morgan fingerprint density at radius 2 is 1.86 bits per heavy atom. The minimum atomic E-state index is -0.437. The SMILES string of the molecule is COc1cc(/C=C2/NC(=O)N(Cc3ccc(C)cc3)C2=O)cc(Br)c1OC(C)C. The zero-order valence-electron chi connectivity index (χ0n) is 16.8. The van der Waals surface area contributed by atoms with Gasteiger partial charge in [0.1, 0.15) is 5.70 Å². The van der Waals surface area contributed by atoms with Crippen molar-refractivity contribution in [3.63, 3.8) is 0 Å². The molecule has 1 fully saturated rings. The average molecular weight is 459 g/mol. The Balaban J connectivity index is 1.85. The predicted octanol–water partition coefficient (Wildman–Crippen LogP) is 4.65. The molecule has 1 N–H and O–H groups in total. The van der Waals surface area contributed by atoms with Crippen LogP contribution in [0.15, 0.2) is 46.6 Å². The number of aryl methyl sites for hydroxylation is 1. The summed E-state index contributed by atoms with van der Waals surface area (Å²) in [6, 6.07) is 10.9. The number of imide groups is 1. The molecule has 1 heterocycles. The van der Waals surface area contributed by atoms with Gasteiger partial charge in [0.15, 0.2) is 11.5 Å². The molecule has 0 bridgehead atoms. The molecular formula is C22H23BrN2O4. The summed E-state index contributed by atoms with van der Waals surface area (Å²) in [5.41, 5.74) is 2.93. The van der Waals surface area contributed by atoms with Crippen LogP contribution >= 0.6 is 15.9 Å². The lowest BCUT2D eigenvalue weighted by Gasteiger charge is -2.16. The third kappa shape index (κ3) is 4.79. The van der Waals surface area contributed by atoms with E-state index >= 15 is 0 Å². The van der Waals surface area contributed by atoms with Crippen molar-refractivity contribution in [3.8, 4) is 11.5 Å². The number of ether oxygens (including phenoxy) is 2. The van der Waals surface area contributed by atoms with Crippen molar-refractivity contribution in [3.05, 3.63) is 63.3 Å². The van der Waals surface area contributed by atoms with Crippen LogP contribution in [0.2, 0.25) is 0 Å². The van der Waals surface area contributed by atoms with Crippen molar-refractivity contribution in [2.24, 2.45) is 0 Å². The molecule has 0 saturated carbocycles. The molecule has 1 aliphatic rings. The summed E-state index contributed by atoms with van der Waals surface area (Å²) >= 11 is 3.49. The summed E-state index contributed by atoms with van der Waals surface area (Å²) in [6.07, 6.45) is 1.61. The first-order valence-electron chi connectivity index (χ1n) is 9.22. The Morgan fingerprint density at radius 1 is 1.17 bits per heavy atom. The summed E-state index contributed by atoms with van der Waals surface area (Å²) in [6.45, 7) is 6.06. The number of hydrogen-bond donors (Lipinski definition) is 1. The molecule has 0 aliphatic carbocycles. The fourth-order valence-electron chi connectivity index (χ4n) is 2.93. The normalized spacial score (nSPS) is 15.2. The summed E-state index contributed by atoms with van der Waals surface area (Å²) < 4.78 is 11.9. The van der Waals surface area contributed by atoms with E-state index in [0.29, 0.717) is 21.5 Å². The minimum absolute atomic E-state index is 0.0181. The van der Waals surface area contributed by atoms with Gasteiger partial charge in [-0.3, -0.25) is 9.69 Å². The summed E-state index contributed by atoms with van der Waals surface area (Å²) in [4.78, 5) is 26.3. The molecule has 1 saturated heterocycles. The van der Waals surface area contributed by atoms with Crippen molar-refractivity contribution in [1.82, 2.24) is 10.2 Å². The number of amides is 3. The van der Waals surface area contributed by atoms with Crippen molar-refractivity contribution < 1.29 is 19.1 Å². The monoisotopic (exact) mass is 458 g/mol. The second-order valence-corrected chi connectivity index (χ2v) is 7.92. The van der Waals surface area contributed by atoms with E-state index in [1.54, 1.807) is 19.3 Å². The molecule has 0 spiro atoms. The van der Waals surface area contributed by atoms with Crippen LogP contribution in [0.5, 0.6) is 11.5 Å². The van der Waals surface area contributed by atoms with Gasteiger partial charge >= 0.3 is 6.03 Å². The smallest absolute Gasteiger partial charge is 0.329 e. The number of urea groups is 1. The summed E-state index contributed by atoms with van der Waals surface area (Å²) in [5, 5.41) is 2.65. The van der Waals surface area contributed by atoms with Crippen LogP contribution in [0.4, 0.5) is 4.79 Å². The van der Waals surface area contributed by atoms with Crippen molar-refractivity contribution >= 4 is 33.9 Å².